The van der Waals surface area contributed by atoms with Crippen molar-refractivity contribution in [3.63, 3.8) is 0 Å². The van der Waals surface area contributed by atoms with Crippen LogP contribution >= 0.6 is 0 Å². The second-order valence-corrected chi connectivity index (χ2v) is 6.65. The van der Waals surface area contributed by atoms with Gasteiger partial charge in [0.25, 0.3) is 0 Å². The lowest BCUT2D eigenvalue weighted by molar-refractivity contribution is -0.131. The fourth-order valence-electron chi connectivity index (χ4n) is 2.42. The summed E-state index contributed by atoms with van der Waals surface area (Å²) in [4.78, 5) is 14.7. The summed E-state index contributed by atoms with van der Waals surface area (Å²) in [6.07, 6.45) is 1.93. The maximum absolute atomic E-state index is 13.5. The van der Waals surface area contributed by atoms with Crippen LogP contribution in [0.4, 0.5) is 4.39 Å². The van der Waals surface area contributed by atoms with Crippen molar-refractivity contribution in [1.82, 2.24) is 10.2 Å². The average Bonchev–Trinajstić information content (AvgIpc) is 2.49. The summed E-state index contributed by atoms with van der Waals surface area (Å²) < 4.78 is 19.0. The lowest BCUT2D eigenvalue weighted by atomic mass is 9.92. The van der Waals surface area contributed by atoms with Gasteiger partial charge >= 0.3 is 0 Å². The molecule has 2 rings (SSSR count). The minimum Gasteiger partial charge on any atom is -0.489 e. The molecule has 1 amide bonds. The smallest absolute Gasteiger partial charge is 0.229 e. The van der Waals surface area contributed by atoms with Crippen LogP contribution in [-0.4, -0.2) is 43.6 Å². The molecule has 0 aromatic heterocycles. The molecule has 5 heteroatoms. The number of nitrogens with one attached hydrogen (secondary N) is 1. The Labute approximate surface area is 131 Å². The molecular formula is C17H25FN2O2. The van der Waals surface area contributed by atoms with Crippen molar-refractivity contribution in [2.45, 2.75) is 32.7 Å². The fourth-order valence-corrected chi connectivity index (χ4v) is 2.42. The number of ether oxygens (including phenoxy) is 1. The molecule has 122 valence electrons. The number of amides is 1. The molecule has 1 heterocycles. The largest absolute Gasteiger partial charge is 0.489 e. The van der Waals surface area contributed by atoms with Gasteiger partial charge in [-0.1, -0.05) is 12.1 Å². The number of benzene rings is 1. The van der Waals surface area contributed by atoms with Crippen molar-refractivity contribution in [1.29, 1.82) is 0 Å². The van der Waals surface area contributed by atoms with Gasteiger partial charge in [-0.15, -0.1) is 0 Å². The summed E-state index contributed by atoms with van der Waals surface area (Å²) in [6.45, 7) is 5.77. The summed E-state index contributed by atoms with van der Waals surface area (Å²) in [7, 11) is 2.09. The molecule has 1 aliphatic rings. The molecule has 1 fully saturated rings. The van der Waals surface area contributed by atoms with Gasteiger partial charge in [0.2, 0.25) is 5.91 Å². The number of carbonyl (C=O) groups excluding carboxylic acids is 1. The van der Waals surface area contributed by atoms with Gasteiger partial charge in [0.05, 0.1) is 5.41 Å². The topological polar surface area (TPSA) is 41.6 Å². The Morgan fingerprint density at radius 2 is 2.00 bits per heavy atom. The third-order valence-electron chi connectivity index (χ3n) is 4.09. The Balaban J connectivity index is 1.86. The number of nitrogens with zero attached hydrogens (tertiary/aromatic N) is 1. The van der Waals surface area contributed by atoms with Gasteiger partial charge in [0, 0.05) is 6.04 Å². The van der Waals surface area contributed by atoms with E-state index in [2.05, 4.69) is 17.3 Å². The van der Waals surface area contributed by atoms with Crippen LogP contribution in [0.25, 0.3) is 0 Å². The van der Waals surface area contributed by atoms with Crippen LogP contribution in [0.3, 0.4) is 0 Å². The highest BCUT2D eigenvalue weighted by atomic mass is 19.1. The summed E-state index contributed by atoms with van der Waals surface area (Å²) in [5.41, 5.74) is -0.703. The minimum absolute atomic E-state index is 0.0432. The molecular weight excluding hydrogens is 283 g/mol. The maximum Gasteiger partial charge on any atom is 0.229 e. The first-order valence-electron chi connectivity index (χ1n) is 7.75. The van der Waals surface area contributed by atoms with Crippen LogP contribution in [0.15, 0.2) is 24.3 Å². The molecule has 1 aromatic rings. The van der Waals surface area contributed by atoms with Gasteiger partial charge in [-0.05, 0) is 59.0 Å². The minimum atomic E-state index is -0.703. The number of rotatable bonds is 5. The Hall–Kier alpha value is -1.62. The second kappa shape index (κ2) is 7.09. The number of piperidine rings is 1. The molecule has 22 heavy (non-hydrogen) atoms. The zero-order chi connectivity index (χ0) is 16.2. The van der Waals surface area contributed by atoms with Gasteiger partial charge in [-0.3, -0.25) is 4.79 Å². The molecule has 0 aliphatic carbocycles. The quantitative estimate of drug-likeness (QED) is 0.908. The Kier molecular flexibility index (Phi) is 5.40. The van der Waals surface area contributed by atoms with Crippen LogP contribution in [0.5, 0.6) is 5.75 Å². The summed E-state index contributed by atoms with van der Waals surface area (Å²) in [6, 6.07) is 6.46. The van der Waals surface area contributed by atoms with Crippen molar-refractivity contribution in [2.75, 3.05) is 26.7 Å². The first-order chi connectivity index (χ1) is 10.4. The van der Waals surface area contributed by atoms with Gasteiger partial charge in [-0.2, -0.15) is 0 Å². The maximum atomic E-state index is 13.5. The first-order valence-corrected chi connectivity index (χ1v) is 7.75. The fraction of sp³-hybridized carbons (Fsp3) is 0.588. The zero-order valence-corrected chi connectivity index (χ0v) is 13.6. The predicted octanol–water partition coefficient (Wildman–Crippen LogP) is 2.44. The monoisotopic (exact) mass is 308 g/mol. The Bertz CT molecular complexity index is 511. The summed E-state index contributed by atoms with van der Waals surface area (Å²) >= 11 is 0. The zero-order valence-electron chi connectivity index (χ0n) is 13.6. The average molecular weight is 308 g/mol. The lowest BCUT2D eigenvalue weighted by Gasteiger charge is -2.32. The van der Waals surface area contributed by atoms with Gasteiger partial charge < -0.3 is 15.0 Å². The molecule has 0 radical (unpaired) electrons. The van der Waals surface area contributed by atoms with E-state index in [1.54, 1.807) is 18.2 Å². The van der Waals surface area contributed by atoms with Crippen LogP contribution in [0.1, 0.15) is 26.7 Å². The number of halogens is 1. The summed E-state index contributed by atoms with van der Waals surface area (Å²) in [5.74, 6) is -0.268. The molecule has 1 aliphatic heterocycles. The molecule has 0 atom stereocenters. The standard InChI is InChI=1S/C17H25FN2O2/c1-17(2,12-22-15-7-5-4-6-14(15)18)16(21)19-13-8-10-20(3)11-9-13/h4-7,13H,8-12H2,1-3H3,(H,19,21). The highest BCUT2D eigenvalue weighted by Gasteiger charge is 2.31. The molecule has 0 spiro atoms. The van der Waals surface area contributed by atoms with Crippen LogP contribution in [-0.2, 0) is 4.79 Å². The third-order valence-corrected chi connectivity index (χ3v) is 4.09. The highest BCUT2D eigenvalue weighted by molar-refractivity contribution is 5.82. The molecule has 0 saturated carbocycles. The highest BCUT2D eigenvalue weighted by Crippen LogP contribution is 2.22. The van der Waals surface area contributed by atoms with E-state index >= 15 is 0 Å². The van der Waals surface area contributed by atoms with E-state index in [9.17, 15) is 9.18 Å². The summed E-state index contributed by atoms with van der Waals surface area (Å²) in [5, 5.41) is 3.09. The van der Waals surface area contributed by atoms with Gasteiger partial charge in [0.1, 0.15) is 6.61 Å². The lowest BCUT2D eigenvalue weighted by Crippen LogP contribution is -2.49. The number of likely N-dealkylation sites (tertiary alicyclic amines) is 1. The molecule has 0 unspecified atom stereocenters. The van der Waals surface area contributed by atoms with Crippen molar-refractivity contribution < 1.29 is 13.9 Å². The van der Waals surface area contributed by atoms with Crippen molar-refractivity contribution in [3.8, 4) is 5.75 Å². The Morgan fingerprint density at radius 3 is 2.64 bits per heavy atom. The molecule has 1 aromatic carbocycles. The van der Waals surface area contributed by atoms with Crippen LogP contribution < -0.4 is 10.1 Å². The van der Waals surface area contributed by atoms with E-state index < -0.39 is 11.2 Å². The van der Waals surface area contributed by atoms with Crippen molar-refractivity contribution >= 4 is 5.91 Å². The number of para-hydroxylation sites is 1. The van der Waals surface area contributed by atoms with E-state index in [4.69, 9.17) is 4.74 Å². The molecule has 1 saturated heterocycles. The second-order valence-electron chi connectivity index (χ2n) is 6.65. The predicted molar refractivity (Wildman–Crippen MR) is 84.3 cm³/mol. The van der Waals surface area contributed by atoms with Crippen LogP contribution in [0, 0.1) is 11.2 Å². The number of hydrogen-bond donors (Lipinski definition) is 1. The van der Waals surface area contributed by atoms with Gasteiger partial charge in [0.15, 0.2) is 11.6 Å². The van der Waals surface area contributed by atoms with E-state index in [1.807, 2.05) is 13.8 Å². The van der Waals surface area contributed by atoms with E-state index in [1.165, 1.54) is 6.07 Å². The molecule has 1 N–H and O–H groups in total. The van der Waals surface area contributed by atoms with E-state index in [0.717, 1.165) is 25.9 Å². The number of hydrogen-bond acceptors (Lipinski definition) is 3. The van der Waals surface area contributed by atoms with Gasteiger partial charge in [-0.25, -0.2) is 4.39 Å². The van der Waals surface area contributed by atoms with E-state index in [-0.39, 0.29) is 24.3 Å². The third kappa shape index (κ3) is 4.44. The SMILES string of the molecule is CN1CCC(NC(=O)C(C)(C)COc2ccccc2F)CC1. The number of carbonyl (C=O) groups is 1. The molecule has 4 nitrogen and oxygen atoms in total. The normalized spacial score (nSPS) is 17.3. The van der Waals surface area contributed by atoms with E-state index in [0.29, 0.717) is 0 Å². The van der Waals surface area contributed by atoms with Crippen molar-refractivity contribution in [2.24, 2.45) is 5.41 Å². The van der Waals surface area contributed by atoms with Crippen molar-refractivity contribution in [3.05, 3.63) is 30.1 Å². The van der Waals surface area contributed by atoms with Crippen LogP contribution in [0.2, 0.25) is 0 Å². The molecule has 0 bridgehead atoms. The first kappa shape index (κ1) is 16.7. The Morgan fingerprint density at radius 1 is 1.36 bits per heavy atom.